The molecule has 3 rings (SSSR count). The monoisotopic (exact) mass is 295 g/mol. The number of aromatic carboxylic acids is 1. The molecule has 0 atom stereocenters. The molecule has 0 fully saturated rings. The van der Waals surface area contributed by atoms with Gasteiger partial charge in [-0.05, 0) is 12.1 Å². The van der Waals surface area contributed by atoms with Crippen molar-refractivity contribution in [1.82, 2.24) is 14.8 Å². The van der Waals surface area contributed by atoms with E-state index in [0.717, 1.165) is 10.7 Å². The Hall–Kier alpha value is -2.41. The van der Waals surface area contributed by atoms with Gasteiger partial charge in [-0.3, -0.25) is 4.79 Å². The molecule has 0 unspecified atom stereocenters. The van der Waals surface area contributed by atoms with E-state index in [2.05, 4.69) is 10.1 Å². The molecule has 0 saturated carbocycles. The Morgan fingerprint density at radius 1 is 1.50 bits per heavy atom. The largest absolute Gasteiger partial charge is 0.477 e. The molecule has 0 aliphatic heterocycles. The van der Waals surface area contributed by atoms with Crippen LogP contribution in [0.2, 0.25) is 5.02 Å². The number of nitrogens with one attached hydrogen (secondary N) is 1. The van der Waals surface area contributed by atoms with Crippen LogP contribution in [0.4, 0.5) is 4.39 Å². The van der Waals surface area contributed by atoms with Crippen molar-refractivity contribution in [2.75, 3.05) is 0 Å². The fraction of sp³-hybridized carbons (Fsp3) is 0.0833. The molecule has 2 N–H and O–H groups in total. The molecule has 102 valence electrons. The van der Waals surface area contributed by atoms with Crippen molar-refractivity contribution in [1.29, 1.82) is 0 Å². The quantitative estimate of drug-likeness (QED) is 0.718. The number of benzene rings is 1. The van der Waals surface area contributed by atoms with Gasteiger partial charge in [-0.25, -0.2) is 13.9 Å². The Balaban J connectivity index is 2.61. The molecular formula is C12H7ClFN3O3. The first-order chi connectivity index (χ1) is 9.40. The van der Waals surface area contributed by atoms with Gasteiger partial charge in [-0.1, -0.05) is 11.6 Å². The number of carbonyl (C=O) groups is 1. The number of aromatic nitrogens is 3. The molecule has 0 spiro atoms. The minimum Gasteiger partial charge on any atom is -0.477 e. The smallest absolute Gasteiger partial charge is 0.343 e. The number of fused-ring (bicyclic) bond motifs is 3. The van der Waals surface area contributed by atoms with Crippen LogP contribution in [0.3, 0.4) is 0 Å². The molecule has 1 aromatic carbocycles. The average Bonchev–Trinajstić information content (AvgIpc) is 2.68. The topological polar surface area (TPSA) is 88.0 Å². The summed E-state index contributed by atoms with van der Waals surface area (Å²) in [7, 11) is 1.33. The van der Waals surface area contributed by atoms with Crippen molar-refractivity contribution in [2.24, 2.45) is 7.05 Å². The first-order valence-electron chi connectivity index (χ1n) is 5.51. The van der Waals surface area contributed by atoms with E-state index in [1.54, 1.807) is 0 Å². The third-order valence-electron chi connectivity index (χ3n) is 3.03. The van der Waals surface area contributed by atoms with Crippen molar-refractivity contribution < 1.29 is 14.3 Å². The maximum absolute atomic E-state index is 13.5. The number of rotatable bonds is 1. The lowest BCUT2D eigenvalue weighted by Gasteiger charge is -2.00. The van der Waals surface area contributed by atoms with E-state index in [4.69, 9.17) is 16.7 Å². The minimum atomic E-state index is -1.38. The molecular weight excluding hydrogens is 289 g/mol. The summed E-state index contributed by atoms with van der Waals surface area (Å²) >= 11 is 5.68. The number of aromatic amines is 1. The maximum Gasteiger partial charge on any atom is 0.343 e. The summed E-state index contributed by atoms with van der Waals surface area (Å²) in [4.78, 5) is 25.8. The molecule has 0 aliphatic carbocycles. The van der Waals surface area contributed by atoms with E-state index >= 15 is 0 Å². The van der Waals surface area contributed by atoms with E-state index in [9.17, 15) is 14.0 Å². The SMILES string of the molecule is Cn1nc2c([nH]c3cc(Cl)c(F)cc32)c(C(=O)O)c1=O. The minimum absolute atomic E-state index is 0.0530. The number of carboxylic acids is 1. The Morgan fingerprint density at radius 3 is 2.85 bits per heavy atom. The molecule has 8 heteroatoms. The van der Waals surface area contributed by atoms with E-state index in [1.165, 1.54) is 13.1 Å². The van der Waals surface area contributed by atoms with Gasteiger partial charge in [-0.15, -0.1) is 0 Å². The standard InChI is InChI=1S/C12H7ClFN3O3/c1-17-11(18)8(12(19)20)10-9(16-17)4-2-6(14)5(13)3-7(4)15-10/h2-3,15H,1H3,(H,19,20). The summed E-state index contributed by atoms with van der Waals surface area (Å²) in [5.41, 5.74) is -0.521. The Bertz CT molecular complexity index is 945. The lowest BCUT2D eigenvalue weighted by molar-refractivity contribution is 0.0696. The van der Waals surface area contributed by atoms with Crippen LogP contribution in [-0.2, 0) is 7.05 Å². The highest BCUT2D eigenvalue weighted by molar-refractivity contribution is 6.31. The third kappa shape index (κ3) is 1.60. The number of nitrogens with zero attached hydrogens (tertiary/aromatic N) is 2. The van der Waals surface area contributed by atoms with E-state index in [1.807, 2.05) is 0 Å². The molecule has 2 aromatic heterocycles. The van der Waals surface area contributed by atoms with Crippen LogP contribution in [-0.4, -0.2) is 25.8 Å². The second kappa shape index (κ2) is 4.04. The lowest BCUT2D eigenvalue weighted by Crippen LogP contribution is -2.26. The van der Waals surface area contributed by atoms with Crippen LogP contribution >= 0.6 is 11.6 Å². The number of hydrogen-bond acceptors (Lipinski definition) is 3. The second-order valence-corrected chi connectivity index (χ2v) is 4.68. The predicted octanol–water partition coefficient (Wildman–Crippen LogP) is 1.91. The van der Waals surface area contributed by atoms with Crippen molar-refractivity contribution >= 4 is 39.5 Å². The molecule has 3 aromatic rings. The van der Waals surface area contributed by atoms with Gasteiger partial charge in [0.25, 0.3) is 5.56 Å². The molecule has 0 saturated heterocycles. The highest BCUT2D eigenvalue weighted by atomic mass is 35.5. The zero-order valence-corrected chi connectivity index (χ0v) is 10.8. The first-order valence-corrected chi connectivity index (χ1v) is 5.89. The van der Waals surface area contributed by atoms with Crippen LogP contribution < -0.4 is 5.56 Å². The maximum atomic E-state index is 13.5. The zero-order valence-electron chi connectivity index (χ0n) is 10.1. The fourth-order valence-corrected chi connectivity index (χ4v) is 2.29. The van der Waals surface area contributed by atoms with Gasteiger partial charge in [0.15, 0.2) is 5.56 Å². The predicted molar refractivity (Wildman–Crippen MR) is 70.8 cm³/mol. The Labute approximate surface area is 115 Å². The molecule has 0 amide bonds. The second-order valence-electron chi connectivity index (χ2n) is 4.27. The summed E-state index contributed by atoms with van der Waals surface area (Å²) in [6.45, 7) is 0. The van der Waals surface area contributed by atoms with Gasteiger partial charge >= 0.3 is 5.97 Å². The Kier molecular flexibility index (Phi) is 2.55. The highest BCUT2D eigenvalue weighted by Gasteiger charge is 2.20. The van der Waals surface area contributed by atoms with Gasteiger partial charge in [0.2, 0.25) is 0 Å². The Morgan fingerprint density at radius 2 is 2.20 bits per heavy atom. The molecule has 0 radical (unpaired) electrons. The van der Waals surface area contributed by atoms with Crippen LogP contribution in [0.5, 0.6) is 0 Å². The summed E-state index contributed by atoms with van der Waals surface area (Å²) in [6, 6.07) is 2.48. The highest BCUT2D eigenvalue weighted by Crippen LogP contribution is 2.28. The number of aryl methyl sites for hydroxylation is 1. The van der Waals surface area contributed by atoms with Crippen molar-refractivity contribution in [3.63, 3.8) is 0 Å². The molecule has 0 aliphatic rings. The fourth-order valence-electron chi connectivity index (χ4n) is 2.12. The number of H-pyrrole nitrogens is 1. The van der Waals surface area contributed by atoms with E-state index < -0.39 is 22.9 Å². The number of hydrogen-bond donors (Lipinski definition) is 2. The van der Waals surface area contributed by atoms with Gasteiger partial charge < -0.3 is 10.1 Å². The summed E-state index contributed by atoms with van der Waals surface area (Å²) < 4.78 is 14.4. The van der Waals surface area contributed by atoms with Gasteiger partial charge in [0.05, 0.1) is 10.5 Å². The van der Waals surface area contributed by atoms with Crippen LogP contribution in [0.25, 0.3) is 21.9 Å². The number of halogens is 2. The van der Waals surface area contributed by atoms with Crippen LogP contribution in [0, 0.1) is 5.82 Å². The third-order valence-corrected chi connectivity index (χ3v) is 3.32. The van der Waals surface area contributed by atoms with Crippen molar-refractivity contribution in [3.8, 4) is 0 Å². The summed E-state index contributed by atoms with van der Waals surface area (Å²) in [5, 5.41) is 13.4. The van der Waals surface area contributed by atoms with Crippen molar-refractivity contribution in [2.45, 2.75) is 0 Å². The summed E-state index contributed by atoms with van der Waals surface area (Å²) in [6.07, 6.45) is 0. The van der Waals surface area contributed by atoms with Gasteiger partial charge in [0, 0.05) is 18.0 Å². The molecule has 6 nitrogen and oxygen atoms in total. The average molecular weight is 296 g/mol. The van der Waals surface area contributed by atoms with Gasteiger partial charge in [-0.2, -0.15) is 5.10 Å². The normalized spacial score (nSPS) is 11.3. The molecule has 0 bridgehead atoms. The van der Waals surface area contributed by atoms with Crippen LogP contribution in [0.15, 0.2) is 16.9 Å². The zero-order chi connectivity index (χ0) is 14.6. The summed E-state index contributed by atoms with van der Waals surface area (Å²) in [5.74, 6) is -2.02. The molecule has 20 heavy (non-hydrogen) atoms. The van der Waals surface area contributed by atoms with Crippen LogP contribution in [0.1, 0.15) is 10.4 Å². The van der Waals surface area contributed by atoms with E-state index in [0.29, 0.717) is 10.9 Å². The van der Waals surface area contributed by atoms with E-state index in [-0.39, 0.29) is 16.1 Å². The number of carboxylic acid groups (broad SMARTS) is 1. The lowest BCUT2D eigenvalue weighted by atomic mass is 10.2. The molecule has 2 heterocycles. The van der Waals surface area contributed by atoms with Gasteiger partial charge in [0.1, 0.15) is 11.3 Å². The van der Waals surface area contributed by atoms with Crippen molar-refractivity contribution in [3.05, 3.63) is 38.9 Å². The first kappa shape index (κ1) is 12.6.